The van der Waals surface area contributed by atoms with E-state index in [1.54, 1.807) is 0 Å². The Bertz CT molecular complexity index is 624. The Balaban J connectivity index is 1.96. The van der Waals surface area contributed by atoms with E-state index < -0.39 is 0 Å². The second-order valence-corrected chi connectivity index (χ2v) is 7.65. The fourth-order valence-electron chi connectivity index (χ4n) is 3.96. The molecular weight excluding hydrogens is 297 g/mol. The number of halogens is 1. The Morgan fingerprint density at radius 1 is 1.46 bits per heavy atom. The molecular formula is C22H30FN. The van der Waals surface area contributed by atoms with Crippen molar-refractivity contribution in [2.24, 2.45) is 28.2 Å². The molecule has 0 aromatic heterocycles. The third kappa shape index (κ3) is 4.07. The van der Waals surface area contributed by atoms with Crippen LogP contribution in [0.5, 0.6) is 0 Å². The third-order valence-electron chi connectivity index (χ3n) is 5.72. The van der Waals surface area contributed by atoms with Crippen LogP contribution >= 0.6 is 0 Å². The van der Waals surface area contributed by atoms with Gasteiger partial charge < -0.3 is 0 Å². The minimum absolute atomic E-state index is 0.214. The van der Waals surface area contributed by atoms with Crippen LogP contribution in [0.25, 0.3) is 0 Å². The number of hydrogen-bond acceptors (Lipinski definition) is 1. The van der Waals surface area contributed by atoms with Crippen LogP contribution in [0.4, 0.5) is 4.39 Å². The van der Waals surface area contributed by atoms with Crippen molar-refractivity contribution in [3.63, 3.8) is 0 Å². The van der Waals surface area contributed by atoms with Gasteiger partial charge in [-0.25, -0.2) is 0 Å². The Morgan fingerprint density at radius 2 is 2.21 bits per heavy atom. The fourth-order valence-corrected chi connectivity index (χ4v) is 3.96. The summed E-state index contributed by atoms with van der Waals surface area (Å²) < 4.78 is 12.1. The summed E-state index contributed by atoms with van der Waals surface area (Å²) in [5.41, 5.74) is 4.04. The molecule has 2 heteroatoms. The van der Waals surface area contributed by atoms with Crippen LogP contribution in [0.1, 0.15) is 46.5 Å². The summed E-state index contributed by atoms with van der Waals surface area (Å²) in [5.74, 6) is 7.53. The maximum absolute atomic E-state index is 12.1. The standard InChI is InChI=1S/C22H30FN/c1-16(2)20-14-19(22(20,3)4)15-21(24-5)18-11-9-17(10-12-18)8-6-7-13-23/h9,11-12,17,19-20H,1,7,10,13-15H2,2-5H3/b24-21+. The van der Waals surface area contributed by atoms with E-state index in [9.17, 15) is 4.39 Å². The van der Waals surface area contributed by atoms with Crippen molar-refractivity contribution in [3.05, 3.63) is 36.0 Å². The van der Waals surface area contributed by atoms with Crippen LogP contribution < -0.4 is 0 Å². The Hall–Kier alpha value is -1.62. The zero-order valence-corrected chi connectivity index (χ0v) is 15.5. The summed E-state index contributed by atoms with van der Waals surface area (Å²) in [7, 11) is 1.89. The molecule has 0 heterocycles. The van der Waals surface area contributed by atoms with E-state index in [2.05, 4.69) is 62.4 Å². The SMILES string of the molecule is C=C(C)C1CC(C/C(=N\C)C2=CCC(C#CCCF)C=C2)C1(C)C. The van der Waals surface area contributed by atoms with Crippen molar-refractivity contribution in [2.75, 3.05) is 13.7 Å². The lowest BCUT2D eigenvalue weighted by Gasteiger charge is -2.53. The van der Waals surface area contributed by atoms with Gasteiger partial charge >= 0.3 is 0 Å². The minimum Gasteiger partial charge on any atom is -0.292 e. The normalized spacial score (nSPS) is 28.5. The highest BCUT2D eigenvalue weighted by molar-refractivity contribution is 6.02. The summed E-state index contributed by atoms with van der Waals surface area (Å²) >= 11 is 0. The van der Waals surface area contributed by atoms with Crippen molar-refractivity contribution in [1.82, 2.24) is 0 Å². The van der Waals surface area contributed by atoms with Gasteiger partial charge in [-0.15, -0.1) is 0 Å². The van der Waals surface area contributed by atoms with E-state index >= 15 is 0 Å². The van der Waals surface area contributed by atoms with Crippen molar-refractivity contribution in [1.29, 1.82) is 0 Å². The molecule has 0 saturated heterocycles. The maximum atomic E-state index is 12.1. The first-order valence-electron chi connectivity index (χ1n) is 8.94. The Morgan fingerprint density at radius 3 is 2.71 bits per heavy atom. The first-order valence-corrected chi connectivity index (χ1v) is 8.94. The molecule has 0 N–H and O–H groups in total. The van der Waals surface area contributed by atoms with Gasteiger partial charge in [0.05, 0.1) is 0 Å². The van der Waals surface area contributed by atoms with Gasteiger partial charge in [-0.2, -0.15) is 0 Å². The van der Waals surface area contributed by atoms with Gasteiger partial charge in [0, 0.05) is 25.1 Å². The summed E-state index contributed by atoms with van der Waals surface area (Å²) in [6, 6.07) is 0. The molecule has 2 aliphatic carbocycles. The summed E-state index contributed by atoms with van der Waals surface area (Å²) in [4.78, 5) is 4.56. The van der Waals surface area contributed by atoms with Crippen molar-refractivity contribution < 1.29 is 4.39 Å². The molecule has 1 fully saturated rings. The molecule has 2 rings (SSSR count). The average Bonchev–Trinajstić information content (AvgIpc) is 2.55. The highest BCUT2D eigenvalue weighted by atomic mass is 19.1. The first-order chi connectivity index (χ1) is 11.4. The monoisotopic (exact) mass is 327 g/mol. The molecule has 3 unspecified atom stereocenters. The van der Waals surface area contributed by atoms with Crippen LogP contribution in [0, 0.1) is 35.0 Å². The third-order valence-corrected chi connectivity index (χ3v) is 5.72. The van der Waals surface area contributed by atoms with E-state index in [-0.39, 0.29) is 12.6 Å². The number of alkyl halides is 1. The molecule has 0 radical (unpaired) electrons. The molecule has 1 saturated carbocycles. The zero-order valence-electron chi connectivity index (χ0n) is 15.5. The van der Waals surface area contributed by atoms with Gasteiger partial charge in [-0.1, -0.05) is 56.1 Å². The molecule has 0 aromatic carbocycles. The largest absolute Gasteiger partial charge is 0.292 e. The number of aliphatic imine (C=N–C) groups is 1. The predicted octanol–water partition coefficient (Wildman–Crippen LogP) is 5.55. The Kier molecular flexibility index (Phi) is 6.21. The predicted molar refractivity (Wildman–Crippen MR) is 102 cm³/mol. The summed E-state index contributed by atoms with van der Waals surface area (Å²) in [5, 5.41) is 0. The van der Waals surface area contributed by atoms with Crippen LogP contribution in [-0.2, 0) is 0 Å². The molecule has 130 valence electrons. The van der Waals surface area contributed by atoms with Crippen LogP contribution in [0.3, 0.4) is 0 Å². The zero-order chi connectivity index (χ0) is 17.7. The van der Waals surface area contributed by atoms with E-state index in [1.807, 2.05) is 7.05 Å². The summed E-state index contributed by atoms with van der Waals surface area (Å²) in [6.07, 6.45) is 9.99. The molecule has 0 aliphatic heterocycles. The number of rotatable bonds is 5. The molecule has 1 nitrogen and oxygen atoms in total. The van der Waals surface area contributed by atoms with Gasteiger partial charge in [0.2, 0.25) is 0 Å². The van der Waals surface area contributed by atoms with Crippen molar-refractivity contribution >= 4 is 5.71 Å². The molecule has 0 aromatic rings. The van der Waals surface area contributed by atoms with E-state index in [1.165, 1.54) is 23.3 Å². The van der Waals surface area contributed by atoms with Crippen LogP contribution in [-0.4, -0.2) is 19.4 Å². The van der Waals surface area contributed by atoms with Gasteiger partial charge in [0.25, 0.3) is 0 Å². The maximum Gasteiger partial charge on any atom is 0.100 e. The molecule has 2 aliphatic rings. The van der Waals surface area contributed by atoms with Gasteiger partial charge in [-0.05, 0) is 49.0 Å². The topological polar surface area (TPSA) is 12.4 Å². The molecule has 0 amide bonds. The highest BCUT2D eigenvalue weighted by Crippen LogP contribution is 2.55. The second-order valence-electron chi connectivity index (χ2n) is 7.65. The molecule has 0 spiro atoms. The molecule has 24 heavy (non-hydrogen) atoms. The lowest BCUT2D eigenvalue weighted by atomic mass is 9.51. The number of nitrogens with zero attached hydrogens (tertiary/aromatic N) is 1. The highest BCUT2D eigenvalue weighted by Gasteiger charge is 2.48. The first kappa shape index (κ1) is 18.7. The lowest BCUT2D eigenvalue weighted by molar-refractivity contribution is 0.00988. The smallest absolute Gasteiger partial charge is 0.100 e. The number of allylic oxidation sites excluding steroid dienone is 5. The molecule has 3 atom stereocenters. The van der Waals surface area contributed by atoms with Crippen molar-refractivity contribution in [3.8, 4) is 11.8 Å². The van der Waals surface area contributed by atoms with Crippen LogP contribution in [0.2, 0.25) is 0 Å². The quantitative estimate of drug-likeness (QED) is 0.356. The van der Waals surface area contributed by atoms with Gasteiger partial charge in [0.1, 0.15) is 6.67 Å². The Labute approximate surface area is 146 Å². The minimum atomic E-state index is -0.362. The van der Waals surface area contributed by atoms with Crippen molar-refractivity contribution in [2.45, 2.75) is 46.5 Å². The number of hydrogen-bond donors (Lipinski definition) is 0. The fraction of sp³-hybridized carbons (Fsp3) is 0.591. The lowest BCUT2D eigenvalue weighted by Crippen LogP contribution is -2.46. The second kappa shape index (κ2) is 7.97. The van der Waals surface area contributed by atoms with E-state index in [0.717, 1.165) is 12.8 Å². The molecule has 0 bridgehead atoms. The summed E-state index contributed by atoms with van der Waals surface area (Å²) in [6.45, 7) is 10.6. The average molecular weight is 327 g/mol. The van der Waals surface area contributed by atoms with Gasteiger partial charge in [0.15, 0.2) is 0 Å². The van der Waals surface area contributed by atoms with Crippen LogP contribution in [0.15, 0.2) is 40.9 Å². The van der Waals surface area contributed by atoms with E-state index in [0.29, 0.717) is 23.7 Å². The van der Waals surface area contributed by atoms with E-state index in [4.69, 9.17) is 0 Å². The van der Waals surface area contributed by atoms with Gasteiger partial charge in [-0.3, -0.25) is 9.38 Å².